The van der Waals surface area contributed by atoms with E-state index in [-0.39, 0.29) is 11.8 Å². The van der Waals surface area contributed by atoms with Crippen molar-refractivity contribution in [2.75, 3.05) is 20.2 Å². The zero-order valence-corrected chi connectivity index (χ0v) is 13.0. The number of carbonyl (C=O) groups is 1. The lowest BCUT2D eigenvalue weighted by Crippen LogP contribution is -2.29. The predicted octanol–water partition coefficient (Wildman–Crippen LogP) is 0.940. The standard InChI is InChI=1S/C15H20N6O2/c1-23-7-13-18-14(20-19-13)11-6-21(5-10(11)9-2-3-9)15(22)12-4-16-8-17-12/h4,8-11H,2-3,5-7H2,1H3,(H,16,17)(H,18,19,20)/t10-,11+/m1/s1. The zero-order valence-electron chi connectivity index (χ0n) is 13.0. The molecule has 2 aromatic rings. The number of carbonyl (C=O) groups excluding carboxylic acids is 1. The second-order valence-corrected chi connectivity index (χ2v) is 6.36. The SMILES string of the molecule is COCc1nc([C@H]2CN(C(=O)c3cnc[nH]3)C[C@@H]2C2CC2)n[nH]1. The Labute approximate surface area is 133 Å². The minimum atomic E-state index is 0.00306. The number of H-pyrrole nitrogens is 2. The van der Waals surface area contributed by atoms with Gasteiger partial charge in [-0.2, -0.15) is 5.10 Å². The first kappa shape index (κ1) is 14.4. The first-order valence-electron chi connectivity index (χ1n) is 7.94. The number of nitrogens with one attached hydrogen (secondary N) is 2. The molecule has 0 unspecified atom stereocenters. The van der Waals surface area contributed by atoms with Gasteiger partial charge in [-0.25, -0.2) is 9.97 Å². The van der Waals surface area contributed by atoms with Gasteiger partial charge in [-0.15, -0.1) is 0 Å². The summed E-state index contributed by atoms with van der Waals surface area (Å²) >= 11 is 0. The molecule has 0 bridgehead atoms. The van der Waals surface area contributed by atoms with Gasteiger partial charge in [0.25, 0.3) is 5.91 Å². The lowest BCUT2D eigenvalue weighted by Gasteiger charge is -2.14. The summed E-state index contributed by atoms with van der Waals surface area (Å²) in [6, 6.07) is 0. The molecule has 1 aliphatic carbocycles. The topological polar surface area (TPSA) is 99.8 Å². The van der Waals surface area contributed by atoms with Crippen molar-refractivity contribution >= 4 is 5.91 Å². The molecule has 2 aliphatic rings. The number of hydrogen-bond acceptors (Lipinski definition) is 5. The molecule has 0 radical (unpaired) electrons. The van der Waals surface area contributed by atoms with Crippen LogP contribution in [0.2, 0.25) is 0 Å². The molecule has 4 rings (SSSR count). The summed E-state index contributed by atoms with van der Waals surface area (Å²) in [6.07, 6.45) is 5.59. The minimum Gasteiger partial charge on any atom is -0.377 e. The van der Waals surface area contributed by atoms with Gasteiger partial charge < -0.3 is 14.6 Å². The van der Waals surface area contributed by atoms with Crippen LogP contribution in [-0.4, -0.2) is 56.2 Å². The smallest absolute Gasteiger partial charge is 0.271 e. The number of rotatable bonds is 5. The molecule has 1 saturated heterocycles. The summed E-state index contributed by atoms with van der Waals surface area (Å²) in [5.41, 5.74) is 0.537. The Bertz CT molecular complexity index is 678. The molecule has 8 heteroatoms. The lowest BCUT2D eigenvalue weighted by atomic mass is 9.91. The van der Waals surface area contributed by atoms with Crippen LogP contribution in [0.1, 0.15) is 40.9 Å². The number of methoxy groups -OCH3 is 1. The van der Waals surface area contributed by atoms with E-state index in [1.54, 1.807) is 13.3 Å². The molecule has 8 nitrogen and oxygen atoms in total. The van der Waals surface area contributed by atoms with Crippen molar-refractivity contribution < 1.29 is 9.53 Å². The van der Waals surface area contributed by atoms with E-state index in [9.17, 15) is 4.79 Å². The van der Waals surface area contributed by atoms with E-state index in [2.05, 4.69) is 25.1 Å². The number of aromatic nitrogens is 5. The zero-order chi connectivity index (χ0) is 15.8. The number of imidazole rings is 1. The lowest BCUT2D eigenvalue weighted by molar-refractivity contribution is 0.0779. The Kier molecular flexibility index (Phi) is 3.60. The van der Waals surface area contributed by atoms with E-state index < -0.39 is 0 Å². The van der Waals surface area contributed by atoms with Crippen molar-refractivity contribution in [3.63, 3.8) is 0 Å². The minimum absolute atomic E-state index is 0.00306. The van der Waals surface area contributed by atoms with Crippen LogP contribution in [0.4, 0.5) is 0 Å². The number of amides is 1. The fourth-order valence-corrected chi connectivity index (χ4v) is 3.49. The molecule has 0 aromatic carbocycles. The third-order valence-corrected chi connectivity index (χ3v) is 4.77. The highest BCUT2D eigenvalue weighted by Gasteiger charge is 2.46. The van der Waals surface area contributed by atoms with Crippen LogP contribution in [0.3, 0.4) is 0 Å². The van der Waals surface area contributed by atoms with Crippen LogP contribution in [-0.2, 0) is 11.3 Å². The van der Waals surface area contributed by atoms with Gasteiger partial charge in [-0.05, 0) is 24.7 Å². The Morgan fingerprint density at radius 1 is 1.43 bits per heavy atom. The molecule has 2 N–H and O–H groups in total. The maximum Gasteiger partial charge on any atom is 0.271 e. The van der Waals surface area contributed by atoms with Crippen molar-refractivity contribution in [3.8, 4) is 0 Å². The Hall–Kier alpha value is -2.22. The second kappa shape index (κ2) is 5.77. The number of hydrogen-bond donors (Lipinski definition) is 2. The molecule has 2 fully saturated rings. The quantitative estimate of drug-likeness (QED) is 0.855. The van der Waals surface area contributed by atoms with Gasteiger partial charge in [0.1, 0.15) is 12.3 Å². The highest BCUT2D eigenvalue weighted by molar-refractivity contribution is 5.92. The van der Waals surface area contributed by atoms with E-state index in [0.717, 1.165) is 18.2 Å². The van der Waals surface area contributed by atoms with Crippen molar-refractivity contribution in [3.05, 3.63) is 29.9 Å². The van der Waals surface area contributed by atoms with Gasteiger partial charge in [0, 0.05) is 26.1 Å². The van der Waals surface area contributed by atoms with Crippen molar-refractivity contribution in [2.45, 2.75) is 25.4 Å². The molecule has 2 aromatic heterocycles. The van der Waals surface area contributed by atoms with E-state index >= 15 is 0 Å². The third-order valence-electron chi connectivity index (χ3n) is 4.77. The second-order valence-electron chi connectivity index (χ2n) is 6.36. The van der Waals surface area contributed by atoms with Crippen LogP contribution >= 0.6 is 0 Å². The first-order valence-corrected chi connectivity index (χ1v) is 7.94. The Morgan fingerprint density at radius 3 is 3.00 bits per heavy atom. The highest BCUT2D eigenvalue weighted by atomic mass is 16.5. The fraction of sp³-hybridized carbons (Fsp3) is 0.600. The van der Waals surface area contributed by atoms with Crippen molar-refractivity contribution in [2.24, 2.45) is 11.8 Å². The van der Waals surface area contributed by atoms with Crippen LogP contribution in [0.5, 0.6) is 0 Å². The molecule has 0 spiro atoms. The normalized spacial score (nSPS) is 24.3. The van der Waals surface area contributed by atoms with Crippen LogP contribution in [0.15, 0.2) is 12.5 Å². The summed E-state index contributed by atoms with van der Waals surface area (Å²) in [5, 5.41) is 7.29. The van der Waals surface area contributed by atoms with E-state index in [0.29, 0.717) is 30.7 Å². The molecule has 1 aliphatic heterocycles. The number of nitrogens with zero attached hydrogens (tertiary/aromatic N) is 4. The first-order chi connectivity index (χ1) is 11.3. The molecular weight excluding hydrogens is 296 g/mol. The average molecular weight is 316 g/mol. The van der Waals surface area contributed by atoms with Gasteiger partial charge >= 0.3 is 0 Å². The fourth-order valence-electron chi connectivity index (χ4n) is 3.49. The number of ether oxygens (including phenoxy) is 1. The molecular formula is C15H20N6O2. The van der Waals surface area contributed by atoms with Gasteiger partial charge in [-0.3, -0.25) is 9.89 Å². The van der Waals surface area contributed by atoms with E-state index in [1.165, 1.54) is 19.2 Å². The molecule has 2 atom stereocenters. The average Bonchev–Trinajstić information content (AvgIpc) is 3.01. The molecule has 1 amide bonds. The summed E-state index contributed by atoms with van der Waals surface area (Å²) in [4.78, 5) is 25.8. The predicted molar refractivity (Wildman–Crippen MR) is 80.5 cm³/mol. The molecule has 1 saturated carbocycles. The monoisotopic (exact) mass is 316 g/mol. The van der Waals surface area contributed by atoms with Crippen molar-refractivity contribution in [1.29, 1.82) is 0 Å². The molecule has 3 heterocycles. The van der Waals surface area contributed by atoms with Crippen LogP contribution in [0.25, 0.3) is 0 Å². The summed E-state index contributed by atoms with van der Waals surface area (Å²) in [5.74, 6) is 2.85. The molecule has 23 heavy (non-hydrogen) atoms. The Balaban J connectivity index is 1.54. The summed E-state index contributed by atoms with van der Waals surface area (Å²) in [7, 11) is 1.63. The maximum absolute atomic E-state index is 12.6. The number of aromatic amines is 2. The Morgan fingerprint density at radius 2 is 2.30 bits per heavy atom. The summed E-state index contributed by atoms with van der Waals surface area (Å²) in [6.45, 7) is 1.84. The van der Waals surface area contributed by atoms with E-state index in [4.69, 9.17) is 4.74 Å². The van der Waals surface area contributed by atoms with Crippen LogP contribution < -0.4 is 0 Å². The number of likely N-dealkylation sites (tertiary alicyclic amines) is 1. The van der Waals surface area contributed by atoms with Gasteiger partial charge in [0.2, 0.25) is 0 Å². The summed E-state index contributed by atoms with van der Waals surface area (Å²) < 4.78 is 5.09. The van der Waals surface area contributed by atoms with E-state index in [1.807, 2.05) is 4.90 Å². The van der Waals surface area contributed by atoms with Gasteiger partial charge in [-0.1, -0.05) is 0 Å². The largest absolute Gasteiger partial charge is 0.377 e. The highest BCUT2D eigenvalue weighted by Crippen LogP contribution is 2.47. The van der Waals surface area contributed by atoms with Crippen molar-refractivity contribution in [1.82, 2.24) is 30.0 Å². The third kappa shape index (κ3) is 2.74. The maximum atomic E-state index is 12.6. The van der Waals surface area contributed by atoms with Gasteiger partial charge in [0.15, 0.2) is 11.6 Å². The van der Waals surface area contributed by atoms with Crippen LogP contribution in [0, 0.1) is 11.8 Å². The molecule has 122 valence electrons. The van der Waals surface area contributed by atoms with Gasteiger partial charge in [0.05, 0.1) is 12.5 Å².